The number of hydrogen-bond acceptors (Lipinski definition) is 6. The van der Waals surface area contributed by atoms with Crippen LogP contribution in [0.4, 0.5) is 11.4 Å². The molecular weight excluding hydrogens is 478 g/mol. The second kappa shape index (κ2) is 7.30. The van der Waals surface area contributed by atoms with E-state index in [-0.39, 0.29) is 23.3 Å². The minimum atomic E-state index is -0.505. The third-order valence-corrected chi connectivity index (χ3v) is 6.72. The molecule has 9 heteroatoms. The van der Waals surface area contributed by atoms with Crippen LogP contribution in [0.3, 0.4) is 0 Å². The second-order valence-electron chi connectivity index (χ2n) is 7.87. The zero-order valence-corrected chi connectivity index (χ0v) is 18.9. The van der Waals surface area contributed by atoms with Gasteiger partial charge >= 0.3 is 5.97 Å². The minimum absolute atomic E-state index is 0.0533. The maximum absolute atomic E-state index is 13.5. The maximum atomic E-state index is 13.5. The van der Waals surface area contributed by atoms with E-state index in [9.17, 15) is 14.7 Å². The number of benzene rings is 2. The summed E-state index contributed by atoms with van der Waals surface area (Å²) in [4.78, 5) is 30.7. The Morgan fingerprint density at radius 1 is 1.34 bits per heavy atom. The van der Waals surface area contributed by atoms with E-state index in [2.05, 4.69) is 20.9 Å². The first-order valence-corrected chi connectivity index (χ1v) is 11.1. The molecule has 3 heterocycles. The van der Waals surface area contributed by atoms with Gasteiger partial charge in [0.05, 0.1) is 23.9 Å². The van der Waals surface area contributed by atoms with Gasteiger partial charge in [-0.3, -0.25) is 4.79 Å². The molecule has 1 amide bonds. The largest absolute Gasteiger partial charge is 0.506 e. The summed E-state index contributed by atoms with van der Waals surface area (Å²) in [5.41, 5.74) is 9.70. The highest BCUT2D eigenvalue weighted by molar-refractivity contribution is 9.09. The molecule has 0 saturated heterocycles. The minimum Gasteiger partial charge on any atom is -0.506 e. The van der Waals surface area contributed by atoms with Crippen LogP contribution >= 0.6 is 15.9 Å². The Hall–Kier alpha value is -3.46. The van der Waals surface area contributed by atoms with Crippen LogP contribution in [0, 0.1) is 6.92 Å². The molecule has 0 saturated carbocycles. The van der Waals surface area contributed by atoms with Crippen LogP contribution in [0.15, 0.2) is 34.7 Å². The van der Waals surface area contributed by atoms with E-state index in [0.717, 1.165) is 10.9 Å². The number of nitrogens with two attached hydrogens (primary N) is 1. The third-order valence-electron chi connectivity index (χ3n) is 5.94. The van der Waals surface area contributed by atoms with Gasteiger partial charge in [-0.25, -0.2) is 4.79 Å². The fraction of sp³-hybridized carbons (Fsp3) is 0.217. The fourth-order valence-corrected chi connectivity index (χ4v) is 5.04. The molecule has 4 N–H and O–H groups in total. The normalized spacial score (nSPS) is 15.5. The number of H-pyrrole nitrogens is 1. The van der Waals surface area contributed by atoms with E-state index in [1.807, 2.05) is 0 Å². The number of furan rings is 1. The smallest absolute Gasteiger partial charge is 0.340 e. The predicted molar refractivity (Wildman–Crippen MR) is 125 cm³/mol. The van der Waals surface area contributed by atoms with Gasteiger partial charge in [0.25, 0.3) is 5.91 Å². The molecule has 0 fully saturated rings. The summed E-state index contributed by atoms with van der Waals surface area (Å²) in [5, 5.41) is 12.6. The Kier molecular flexibility index (Phi) is 4.67. The number of phenols is 1. The van der Waals surface area contributed by atoms with Crippen LogP contribution < -0.4 is 10.6 Å². The van der Waals surface area contributed by atoms with Gasteiger partial charge in [-0.2, -0.15) is 0 Å². The summed E-state index contributed by atoms with van der Waals surface area (Å²) < 4.78 is 10.8. The Morgan fingerprint density at radius 3 is 2.84 bits per heavy atom. The molecule has 2 aromatic carbocycles. The molecule has 0 radical (unpaired) electrons. The van der Waals surface area contributed by atoms with Gasteiger partial charge in [-0.1, -0.05) is 15.9 Å². The van der Waals surface area contributed by atoms with Gasteiger partial charge in [0.15, 0.2) is 5.76 Å². The van der Waals surface area contributed by atoms with Crippen molar-refractivity contribution < 1.29 is 23.8 Å². The topological polar surface area (TPSA) is 122 Å². The highest BCUT2D eigenvalue weighted by Gasteiger charge is 2.38. The lowest BCUT2D eigenvalue weighted by molar-refractivity contribution is 0.0602. The predicted octanol–water partition coefficient (Wildman–Crippen LogP) is 4.44. The van der Waals surface area contributed by atoms with Crippen LogP contribution in [0.1, 0.15) is 38.1 Å². The van der Waals surface area contributed by atoms with Crippen LogP contribution in [-0.2, 0) is 4.74 Å². The van der Waals surface area contributed by atoms with Crippen LogP contribution in [-0.4, -0.2) is 41.0 Å². The molecule has 5 rings (SSSR count). The number of hydrogen-bond donors (Lipinski definition) is 3. The molecule has 32 heavy (non-hydrogen) atoms. The number of nitrogens with one attached hydrogen (secondary N) is 1. The van der Waals surface area contributed by atoms with Crippen molar-refractivity contribution in [2.24, 2.45) is 0 Å². The van der Waals surface area contributed by atoms with Crippen LogP contribution in [0.25, 0.3) is 21.9 Å². The van der Waals surface area contributed by atoms with Gasteiger partial charge in [0.1, 0.15) is 11.3 Å². The highest BCUT2D eigenvalue weighted by Crippen LogP contribution is 2.47. The molecule has 2 aromatic heterocycles. The van der Waals surface area contributed by atoms with Gasteiger partial charge in [-0.05, 0) is 36.8 Å². The van der Waals surface area contributed by atoms with Crippen molar-refractivity contribution in [1.29, 1.82) is 0 Å². The molecule has 1 atom stereocenters. The second-order valence-corrected chi connectivity index (χ2v) is 8.52. The number of aromatic amines is 1. The Labute approximate surface area is 191 Å². The SMILES string of the molecule is COC(=O)c1c(C)[nH]c2c(O)cc3c(c12)[C@H](CBr)CN3C(=O)c1cc2cc(N)ccc2o1. The number of rotatable bonds is 3. The molecule has 164 valence electrons. The van der Waals surface area contributed by atoms with E-state index in [0.29, 0.717) is 51.0 Å². The number of ether oxygens (including phenoxy) is 1. The van der Waals surface area contributed by atoms with Gasteiger partial charge in [0, 0.05) is 46.0 Å². The number of methoxy groups -OCH3 is 1. The average molecular weight is 498 g/mol. The van der Waals surface area contributed by atoms with Crippen molar-refractivity contribution in [3.05, 3.63) is 52.9 Å². The van der Waals surface area contributed by atoms with Crippen molar-refractivity contribution in [3.8, 4) is 5.75 Å². The van der Waals surface area contributed by atoms with Gasteiger partial charge in [0.2, 0.25) is 0 Å². The molecule has 0 aliphatic carbocycles. The van der Waals surface area contributed by atoms with E-state index in [1.54, 1.807) is 42.2 Å². The quantitative estimate of drug-likeness (QED) is 0.218. The highest BCUT2D eigenvalue weighted by atomic mass is 79.9. The van der Waals surface area contributed by atoms with Gasteiger partial charge in [-0.15, -0.1) is 0 Å². The fourth-order valence-electron chi connectivity index (χ4n) is 4.52. The third kappa shape index (κ3) is 2.88. The number of aromatic hydroxyl groups is 1. The number of amides is 1. The van der Waals surface area contributed by atoms with Gasteiger partial charge < -0.3 is 29.9 Å². The summed E-state index contributed by atoms with van der Waals surface area (Å²) >= 11 is 3.54. The average Bonchev–Trinajstić information content (AvgIpc) is 3.45. The van der Waals surface area contributed by atoms with Crippen LogP contribution in [0.2, 0.25) is 0 Å². The summed E-state index contributed by atoms with van der Waals surface area (Å²) in [6.45, 7) is 2.11. The summed E-state index contributed by atoms with van der Waals surface area (Å²) in [7, 11) is 1.32. The first-order chi connectivity index (χ1) is 15.3. The zero-order chi connectivity index (χ0) is 22.7. The molecule has 1 aliphatic heterocycles. The number of aryl methyl sites for hydroxylation is 1. The molecule has 1 aliphatic rings. The maximum Gasteiger partial charge on any atom is 0.340 e. The summed E-state index contributed by atoms with van der Waals surface area (Å²) in [5.74, 6) is -0.826. The first-order valence-electron chi connectivity index (χ1n) is 9.97. The number of carbonyl (C=O) groups excluding carboxylic acids is 2. The number of carbonyl (C=O) groups is 2. The zero-order valence-electron chi connectivity index (χ0n) is 17.4. The number of halogens is 1. The number of anilines is 2. The Balaban J connectivity index is 1.69. The van der Waals surface area contributed by atoms with Crippen molar-refractivity contribution >= 4 is 61.1 Å². The standard InChI is InChI=1S/C23H20BrN3O5/c1-10-18(23(30)31-2)20-19-12(8-24)9-27(14(19)7-15(28)21(20)26-10)22(29)17-6-11-5-13(25)3-4-16(11)32-17/h3-7,12,26,28H,8-9,25H2,1-2H3/t12-/m1/s1. The summed E-state index contributed by atoms with van der Waals surface area (Å²) in [6.07, 6.45) is 0. The van der Waals surface area contributed by atoms with Crippen LogP contribution in [0.5, 0.6) is 5.75 Å². The van der Waals surface area contributed by atoms with Crippen molar-refractivity contribution in [1.82, 2.24) is 4.98 Å². The van der Waals surface area contributed by atoms with E-state index in [1.165, 1.54) is 7.11 Å². The lowest BCUT2D eigenvalue weighted by atomic mass is 9.96. The molecule has 0 unspecified atom stereocenters. The molecule has 0 bridgehead atoms. The summed E-state index contributed by atoms with van der Waals surface area (Å²) in [6, 6.07) is 8.39. The molecular formula is C23H20BrN3O5. The number of esters is 1. The van der Waals surface area contributed by atoms with Crippen molar-refractivity contribution in [3.63, 3.8) is 0 Å². The Bertz CT molecular complexity index is 1420. The molecule has 0 spiro atoms. The lowest BCUT2D eigenvalue weighted by Gasteiger charge is -2.16. The number of phenolic OH excluding ortho intramolecular Hbond substituents is 1. The number of nitrogens with zero attached hydrogens (tertiary/aromatic N) is 1. The monoisotopic (exact) mass is 497 g/mol. The van der Waals surface area contributed by atoms with E-state index < -0.39 is 5.97 Å². The first kappa shape index (κ1) is 20.4. The molecule has 8 nitrogen and oxygen atoms in total. The number of aromatic nitrogens is 1. The number of nitrogen functional groups attached to an aromatic ring is 1. The number of alkyl halides is 1. The van der Waals surface area contributed by atoms with Crippen molar-refractivity contribution in [2.45, 2.75) is 12.8 Å². The van der Waals surface area contributed by atoms with Crippen molar-refractivity contribution in [2.75, 3.05) is 29.6 Å². The van der Waals surface area contributed by atoms with E-state index in [4.69, 9.17) is 14.9 Å². The number of fused-ring (bicyclic) bond motifs is 4. The van der Waals surface area contributed by atoms with E-state index >= 15 is 0 Å². The Morgan fingerprint density at radius 2 is 2.12 bits per heavy atom. The molecule has 4 aromatic rings. The lowest BCUT2D eigenvalue weighted by Crippen LogP contribution is -2.29.